The van der Waals surface area contributed by atoms with E-state index in [1.807, 2.05) is 10.9 Å². The van der Waals surface area contributed by atoms with Crippen LogP contribution >= 0.6 is 23.2 Å². The van der Waals surface area contributed by atoms with Gasteiger partial charge >= 0.3 is 0 Å². The Morgan fingerprint density at radius 1 is 1.15 bits per heavy atom. The minimum Gasteiger partial charge on any atom is -0.325 e. The molecule has 8 heteroatoms. The number of amides is 1. The van der Waals surface area contributed by atoms with Gasteiger partial charge in [0.15, 0.2) is 5.65 Å². The van der Waals surface area contributed by atoms with Crippen molar-refractivity contribution in [3.8, 4) is 0 Å². The fourth-order valence-corrected chi connectivity index (χ4v) is 4.35. The maximum absolute atomic E-state index is 12.7. The lowest BCUT2D eigenvalue weighted by molar-refractivity contribution is -0.116. The second kappa shape index (κ2) is 5.93. The highest BCUT2D eigenvalue weighted by Crippen LogP contribution is 2.40. The second-order valence-electron chi connectivity index (χ2n) is 6.82. The van der Waals surface area contributed by atoms with Crippen molar-refractivity contribution in [1.82, 2.24) is 19.7 Å². The number of hydrogen-bond acceptors (Lipinski definition) is 4. The Kier molecular flexibility index (Phi) is 3.65. The first-order valence-electron chi connectivity index (χ1n) is 8.63. The predicted molar refractivity (Wildman–Crippen MR) is 99.8 cm³/mol. The molecule has 5 rings (SSSR count). The lowest BCUT2D eigenvalue weighted by Gasteiger charge is -2.10. The Hall–Kier alpha value is -2.18. The summed E-state index contributed by atoms with van der Waals surface area (Å²) in [6.45, 7) is 0. The molecule has 0 bridgehead atoms. The van der Waals surface area contributed by atoms with Gasteiger partial charge in [-0.1, -0.05) is 24.4 Å². The maximum atomic E-state index is 12.7. The van der Waals surface area contributed by atoms with E-state index in [0.29, 0.717) is 22.4 Å². The van der Waals surface area contributed by atoms with Crippen LogP contribution in [0.4, 0.5) is 5.69 Å². The van der Waals surface area contributed by atoms with Gasteiger partial charge in [0.05, 0.1) is 17.1 Å². The molecule has 2 aromatic heterocycles. The molecular weight excluding hydrogens is 373 g/mol. The van der Waals surface area contributed by atoms with Gasteiger partial charge in [-0.05, 0) is 48.2 Å². The van der Waals surface area contributed by atoms with Crippen LogP contribution < -0.4 is 5.32 Å². The first-order valence-corrected chi connectivity index (χ1v) is 9.38. The number of hydrogen-bond donors (Lipinski definition) is 1. The molecule has 1 unspecified atom stereocenters. The average Bonchev–Trinajstić information content (AvgIpc) is 3.30. The van der Waals surface area contributed by atoms with Crippen LogP contribution in [0.1, 0.15) is 48.9 Å². The van der Waals surface area contributed by atoms with E-state index in [1.165, 1.54) is 12.8 Å². The molecule has 0 radical (unpaired) electrons. The topological polar surface area (TPSA) is 72.7 Å². The molecule has 0 spiro atoms. The van der Waals surface area contributed by atoms with Gasteiger partial charge in [0, 0.05) is 16.9 Å². The largest absolute Gasteiger partial charge is 0.325 e. The van der Waals surface area contributed by atoms with E-state index < -0.39 is 5.92 Å². The Balaban J connectivity index is 1.69. The molecule has 1 aliphatic carbocycles. The Morgan fingerprint density at radius 3 is 2.77 bits per heavy atom. The summed E-state index contributed by atoms with van der Waals surface area (Å²) in [7, 11) is 0. The zero-order chi connectivity index (χ0) is 17.8. The zero-order valence-electron chi connectivity index (χ0n) is 13.7. The van der Waals surface area contributed by atoms with Gasteiger partial charge < -0.3 is 5.32 Å². The molecule has 1 atom stereocenters. The number of carbonyl (C=O) groups is 1. The molecule has 1 aromatic carbocycles. The van der Waals surface area contributed by atoms with Crippen molar-refractivity contribution in [2.75, 3.05) is 5.32 Å². The molecule has 3 aromatic rings. The fourth-order valence-electron chi connectivity index (χ4n) is 4.00. The first kappa shape index (κ1) is 16.0. The minimum atomic E-state index is -0.576. The lowest BCUT2D eigenvalue weighted by Crippen LogP contribution is -2.15. The van der Waals surface area contributed by atoms with Crippen LogP contribution in [-0.2, 0) is 4.79 Å². The van der Waals surface area contributed by atoms with Gasteiger partial charge in [0.2, 0.25) is 11.2 Å². The summed E-state index contributed by atoms with van der Waals surface area (Å²) in [6, 6.07) is 5.72. The van der Waals surface area contributed by atoms with Crippen molar-refractivity contribution in [2.24, 2.45) is 0 Å². The SMILES string of the molecule is O=C1Nc2ccc(Cl)cc2C1c1nc(Cl)nc2nn(C3CCCC3)cc12. The van der Waals surface area contributed by atoms with E-state index in [1.54, 1.807) is 18.2 Å². The summed E-state index contributed by atoms with van der Waals surface area (Å²) in [5.74, 6) is -0.722. The van der Waals surface area contributed by atoms with Gasteiger partial charge in [0.25, 0.3) is 0 Å². The van der Waals surface area contributed by atoms with Gasteiger partial charge in [0.1, 0.15) is 5.92 Å². The third-order valence-corrected chi connectivity index (χ3v) is 5.62. The van der Waals surface area contributed by atoms with Gasteiger partial charge in [-0.25, -0.2) is 4.98 Å². The molecule has 26 heavy (non-hydrogen) atoms. The van der Waals surface area contributed by atoms with Crippen LogP contribution in [-0.4, -0.2) is 25.7 Å². The van der Waals surface area contributed by atoms with Gasteiger partial charge in [-0.3, -0.25) is 9.48 Å². The number of anilines is 1. The number of benzene rings is 1. The molecule has 3 heterocycles. The van der Waals surface area contributed by atoms with Crippen molar-refractivity contribution in [3.63, 3.8) is 0 Å². The third-order valence-electron chi connectivity index (χ3n) is 5.22. The number of fused-ring (bicyclic) bond motifs is 2. The summed E-state index contributed by atoms with van der Waals surface area (Å²) in [6.07, 6.45) is 6.57. The molecule has 1 N–H and O–H groups in total. The summed E-state index contributed by atoms with van der Waals surface area (Å²) in [4.78, 5) is 21.3. The lowest BCUT2D eigenvalue weighted by atomic mass is 9.95. The predicted octanol–water partition coefficient (Wildman–Crippen LogP) is 4.33. The Labute approximate surface area is 159 Å². The number of nitrogens with one attached hydrogen (secondary N) is 1. The first-order chi connectivity index (χ1) is 12.6. The molecule has 0 saturated heterocycles. The van der Waals surface area contributed by atoms with Crippen LogP contribution in [0.15, 0.2) is 24.4 Å². The smallest absolute Gasteiger partial charge is 0.238 e. The summed E-state index contributed by atoms with van der Waals surface area (Å²) < 4.78 is 1.96. The van der Waals surface area contributed by atoms with Crippen molar-refractivity contribution in [3.05, 3.63) is 46.0 Å². The maximum Gasteiger partial charge on any atom is 0.238 e. The zero-order valence-corrected chi connectivity index (χ0v) is 15.3. The number of halogens is 2. The van der Waals surface area contributed by atoms with Crippen LogP contribution in [0.2, 0.25) is 10.3 Å². The van der Waals surface area contributed by atoms with Crippen LogP contribution in [0.25, 0.3) is 11.0 Å². The molecule has 1 fully saturated rings. The van der Waals surface area contributed by atoms with Crippen LogP contribution in [0, 0.1) is 0 Å². The van der Waals surface area contributed by atoms with E-state index in [-0.39, 0.29) is 11.2 Å². The van der Waals surface area contributed by atoms with E-state index in [2.05, 4.69) is 20.4 Å². The van der Waals surface area contributed by atoms with E-state index in [9.17, 15) is 4.79 Å². The summed E-state index contributed by atoms with van der Waals surface area (Å²) in [5, 5.41) is 8.92. The summed E-state index contributed by atoms with van der Waals surface area (Å²) >= 11 is 12.3. The highest BCUT2D eigenvalue weighted by Gasteiger charge is 2.35. The third kappa shape index (κ3) is 2.47. The van der Waals surface area contributed by atoms with Crippen molar-refractivity contribution >= 4 is 45.8 Å². The van der Waals surface area contributed by atoms with Crippen molar-refractivity contribution < 1.29 is 4.79 Å². The number of carbonyl (C=O) groups excluding carboxylic acids is 1. The molecular formula is C18H15Cl2N5O. The number of nitrogens with zero attached hydrogens (tertiary/aromatic N) is 4. The minimum absolute atomic E-state index is 0.0902. The van der Waals surface area contributed by atoms with Gasteiger partial charge in [-0.2, -0.15) is 10.1 Å². The monoisotopic (exact) mass is 387 g/mol. The Morgan fingerprint density at radius 2 is 1.96 bits per heavy atom. The molecule has 1 amide bonds. The van der Waals surface area contributed by atoms with E-state index in [0.717, 1.165) is 29.5 Å². The second-order valence-corrected chi connectivity index (χ2v) is 7.59. The molecule has 132 valence electrons. The fraction of sp³-hybridized carbons (Fsp3) is 0.333. The highest BCUT2D eigenvalue weighted by atomic mass is 35.5. The number of rotatable bonds is 2. The molecule has 6 nitrogen and oxygen atoms in total. The van der Waals surface area contributed by atoms with Gasteiger partial charge in [-0.15, -0.1) is 0 Å². The normalized spacial score (nSPS) is 19.9. The van der Waals surface area contributed by atoms with Crippen molar-refractivity contribution in [2.45, 2.75) is 37.6 Å². The molecule has 1 saturated carbocycles. The van der Waals surface area contributed by atoms with E-state index in [4.69, 9.17) is 23.2 Å². The number of aromatic nitrogens is 4. The van der Waals surface area contributed by atoms with Crippen LogP contribution in [0.5, 0.6) is 0 Å². The van der Waals surface area contributed by atoms with Crippen molar-refractivity contribution in [1.29, 1.82) is 0 Å². The average molecular weight is 388 g/mol. The summed E-state index contributed by atoms with van der Waals surface area (Å²) in [5.41, 5.74) is 2.64. The highest BCUT2D eigenvalue weighted by molar-refractivity contribution is 6.31. The standard InChI is InChI=1S/C18H15Cl2N5O/c19-9-5-6-13-11(7-9)14(17(26)21-13)15-12-8-25(10-3-1-2-4-10)24-16(12)23-18(20)22-15/h5-8,10,14H,1-4H2,(H,21,26). The molecule has 1 aliphatic heterocycles. The Bertz CT molecular complexity index is 1040. The molecule has 2 aliphatic rings. The van der Waals surface area contributed by atoms with E-state index >= 15 is 0 Å². The van der Waals surface area contributed by atoms with Crippen LogP contribution in [0.3, 0.4) is 0 Å². The quantitative estimate of drug-likeness (QED) is 0.664.